The summed E-state index contributed by atoms with van der Waals surface area (Å²) in [6.45, 7) is 1.99. The van der Waals surface area contributed by atoms with Gasteiger partial charge in [-0.15, -0.1) is 0 Å². The molecular formula is C15H12FN3O2. The Hall–Kier alpha value is -2.76. The van der Waals surface area contributed by atoms with Crippen LogP contribution < -0.4 is 0 Å². The van der Waals surface area contributed by atoms with E-state index in [4.69, 9.17) is 4.52 Å². The number of aryl methyl sites for hydroxylation is 1. The van der Waals surface area contributed by atoms with E-state index in [0.717, 1.165) is 12.0 Å². The second kappa shape index (κ2) is 5.32. The molecule has 0 radical (unpaired) electrons. The van der Waals surface area contributed by atoms with Crippen LogP contribution >= 0.6 is 0 Å². The summed E-state index contributed by atoms with van der Waals surface area (Å²) in [7, 11) is 0. The molecule has 0 spiro atoms. The lowest BCUT2D eigenvalue weighted by atomic mass is 10.1. The molecule has 0 aliphatic carbocycles. The first-order valence-electron chi connectivity index (χ1n) is 6.46. The molecule has 3 aromatic rings. The van der Waals surface area contributed by atoms with Crippen molar-refractivity contribution in [3.63, 3.8) is 0 Å². The molecule has 0 unspecified atom stereocenters. The predicted molar refractivity (Wildman–Crippen MR) is 74.0 cm³/mol. The Morgan fingerprint density at radius 1 is 1.24 bits per heavy atom. The first-order chi connectivity index (χ1) is 10.2. The number of nitrogens with zero attached hydrogens (tertiary/aromatic N) is 3. The molecule has 106 valence electrons. The predicted octanol–water partition coefficient (Wildman–Crippen LogP) is 3.21. The lowest BCUT2D eigenvalue weighted by Gasteiger charge is -2.01. The van der Waals surface area contributed by atoms with E-state index >= 15 is 0 Å². The third kappa shape index (κ3) is 2.35. The van der Waals surface area contributed by atoms with Gasteiger partial charge in [-0.25, -0.2) is 4.39 Å². The van der Waals surface area contributed by atoms with Crippen molar-refractivity contribution in [2.24, 2.45) is 0 Å². The van der Waals surface area contributed by atoms with Crippen molar-refractivity contribution in [2.45, 2.75) is 13.3 Å². The van der Waals surface area contributed by atoms with E-state index in [-0.39, 0.29) is 23.0 Å². The summed E-state index contributed by atoms with van der Waals surface area (Å²) in [4.78, 5) is 8.37. The van der Waals surface area contributed by atoms with Crippen LogP contribution in [0.2, 0.25) is 0 Å². The summed E-state index contributed by atoms with van der Waals surface area (Å²) in [5, 5.41) is 13.6. The van der Waals surface area contributed by atoms with Gasteiger partial charge in [0, 0.05) is 6.20 Å². The molecule has 5 nitrogen and oxygen atoms in total. The Morgan fingerprint density at radius 2 is 2.10 bits per heavy atom. The molecule has 0 aliphatic heterocycles. The van der Waals surface area contributed by atoms with E-state index in [2.05, 4.69) is 15.1 Å². The minimum atomic E-state index is -0.623. The number of benzene rings is 1. The average molecular weight is 285 g/mol. The Labute approximate surface area is 120 Å². The SMILES string of the molecule is CCc1cccnc1-c1noc(-c2c(O)cccc2F)n1. The molecule has 3 rings (SSSR count). The molecule has 2 aromatic heterocycles. The van der Waals surface area contributed by atoms with Crippen molar-refractivity contribution in [1.29, 1.82) is 0 Å². The van der Waals surface area contributed by atoms with Crippen LogP contribution in [0.25, 0.3) is 23.0 Å². The van der Waals surface area contributed by atoms with Gasteiger partial charge in [0.25, 0.3) is 5.89 Å². The highest BCUT2D eigenvalue weighted by molar-refractivity contribution is 5.65. The molecule has 0 atom stereocenters. The molecule has 1 N–H and O–H groups in total. The normalized spacial score (nSPS) is 10.8. The van der Waals surface area contributed by atoms with Gasteiger partial charge in [-0.3, -0.25) is 4.98 Å². The van der Waals surface area contributed by atoms with Gasteiger partial charge < -0.3 is 9.63 Å². The van der Waals surface area contributed by atoms with E-state index in [9.17, 15) is 9.50 Å². The second-order valence-electron chi connectivity index (χ2n) is 4.42. The first-order valence-corrected chi connectivity index (χ1v) is 6.46. The van der Waals surface area contributed by atoms with E-state index in [1.165, 1.54) is 18.2 Å². The molecule has 0 saturated heterocycles. The lowest BCUT2D eigenvalue weighted by Crippen LogP contribution is -1.92. The zero-order valence-corrected chi connectivity index (χ0v) is 11.2. The van der Waals surface area contributed by atoms with E-state index < -0.39 is 5.82 Å². The van der Waals surface area contributed by atoms with Crippen LogP contribution in [0.1, 0.15) is 12.5 Å². The highest BCUT2D eigenvalue weighted by atomic mass is 19.1. The van der Waals surface area contributed by atoms with Crippen LogP contribution in [0.4, 0.5) is 4.39 Å². The molecule has 0 aliphatic rings. The van der Waals surface area contributed by atoms with E-state index in [1.54, 1.807) is 6.20 Å². The Morgan fingerprint density at radius 3 is 2.86 bits per heavy atom. The van der Waals surface area contributed by atoms with Gasteiger partial charge >= 0.3 is 0 Å². The van der Waals surface area contributed by atoms with Crippen molar-refractivity contribution in [2.75, 3.05) is 0 Å². The van der Waals surface area contributed by atoms with Gasteiger partial charge in [-0.2, -0.15) is 4.98 Å². The summed E-state index contributed by atoms with van der Waals surface area (Å²) in [5.74, 6) is -0.678. The first kappa shape index (κ1) is 13.2. The van der Waals surface area contributed by atoms with Gasteiger partial charge in [0.05, 0.1) is 0 Å². The Balaban J connectivity index is 2.09. The lowest BCUT2D eigenvalue weighted by molar-refractivity contribution is 0.421. The second-order valence-corrected chi connectivity index (χ2v) is 4.42. The van der Waals surface area contributed by atoms with Crippen molar-refractivity contribution in [3.8, 4) is 28.7 Å². The van der Waals surface area contributed by atoms with E-state index in [0.29, 0.717) is 5.69 Å². The number of halogens is 1. The fraction of sp³-hybridized carbons (Fsp3) is 0.133. The largest absolute Gasteiger partial charge is 0.507 e. The van der Waals surface area contributed by atoms with Crippen LogP contribution in [0, 0.1) is 5.82 Å². The molecule has 2 heterocycles. The number of hydrogen-bond donors (Lipinski definition) is 1. The molecule has 21 heavy (non-hydrogen) atoms. The number of phenols is 1. The van der Waals surface area contributed by atoms with Crippen molar-refractivity contribution in [1.82, 2.24) is 15.1 Å². The van der Waals surface area contributed by atoms with Crippen LogP contribution in [0.15, 0.2) is 41.1 Å². The van der Waals surface area contributed by atoms with Gasteiger partial charge in [-0.05, 0) is 30.2 Å². The van der Waals surface area contributed by atoms with Crippen molar-refractivity contribution in [3.05, 3.63) is 47.9 Å². The number of aromatic nitrogens is 3. The fourth-order valence-corrected chi connectivity index (χ4v) is 2.07. The monoisotopic (exact) mass is 285 g/mol. The van der Waals surface area contributed by atoms with Crippen LogP contribution in [0.3, 0.4) is 0 Å². The number of pyridine rings is 1. The van der Waals surface area contributed by atoms with Crippen LogP contribution in [-0.4, -0.2) is 20.2 Å². The average Bonchev–Trinajstić information content (AvgIpc) is 2.96. The molecule has 0 saturated carbocycles. The quantitative estimate of drug-likeness (QED) is 0.800. The Bertz CT molecular complexity index is 766. The maximum Gasteiger partial charge on any atom is 0.265 e. The van der Waals surface area contributed by atoms with Crippen LogP contribution in [0.5, 0.6) is 5.75 Å². The number of hydrogen-bond acceptors (Lipinski definition) is 5. The van der Waals surface area contributed by atoms with Gasteiger partial charge in [0.15, 0.2) is 0 Å². The number of phenolic OH excluding ortho intramolecular Hbond substituents is 1. The van der Waals surface area contributed by atoms with Gasteiger partial charge in [0.1, 0.15) is 22.8 Å². The smallest absolute Gasteiger partial charge is 0.265 e. The minimum absolute atomic E-state index is 0.0756. The number of aromatic hydroxyl groups is 1. The maximum atomic E-state index is 13.8. The van der Waals surface area contributed by atoms with Crippen molar-refractivity contribution < 1.29 is 14.0 Å². The third-order valence-electron chi connectivity index (χ3n) is 3.12. The standard InChI is InChI=1S/C15H12FN3O2/c1-2-9-5-4-8-17-13(9)14-18-15(21-19-14)12-10(16)6-3-7-11(12)20/h3-8,20H,2H2,1H3. The fourth-order valence-electron chi connectivity index (χ4n) is 2.07. The molecule has 0 amide bonds. The molecule has 1 aromatic carbocycles. The Kier molecular flexibility index (Phi) is 3.35. The molecule has 0 fully saturated rings. The number of rotatable bonds is 3. The zero-order chi connectivity index (χ0) is 14.8. The molecular weight excluding hydrogens is 273 g/mol. The summed E-state index contributed by atoms with van der Waals surface area (Å²) >= 11 is 0. The topological polar surface area (TPSA) is 72.0 Å². The highest BCUT2D eigenvalue weighted by Gasteiger charge is 2.19. The maximum absolute atomic E-state index is 13.8. The summed E-state index contributed by atoms with van der Waals surface area (Å²) in [6.07, 6.45) is 2.39. The van der Waals surface area contributed by atoms with Crippen molar-refractivity contribution >= 4 is 0 Å². The molecule has 6 heteroatoms. The highest BCUT2D eigenvalue weighted by Crippen LogP contribution is 2.31. The summed E-state index contributed by atoms with van der Waals surface area (Å²) < 4.78 is 18.9. The van der Waals surface area contributed by atoms with Crippen LogP contribution in [-0.2, 0) is 6.42 Å². The third-order valence-corrected chi connectivity index (χ3v) is 3.12. The minimum Gasteiger partial charge on any atom is -0.507 e. The summed E-state index contributed by atoms with van der Waals surface area (Å²) in [6, 6.07) is 7.72. The zero-order valence-electron chi connectivity index (χ0n) is 11.2. The van der Waals surface area contributed by atoms with Gasteiger partial charge in [-0.1, -0.05) is 24.2 Å². The van der Waals surface area contributed by atoms with Gasteiger partial charge in [0.2, 0.25) is 5.82 Å². The van der Waals surface area contributed by atoms with E-state index in [1.807, 2.05) is 19.1 Å². The summed E-state index contributed by atoms with van der Waals surface area (Å²) in [5.41, 5.74) is 1.44. The molecule has 0 bridgehead atoms.